The highest BCUT2D eigenvalue weighted by molar-refractivity contribution is 5.96. The van der Waals surface area contributed by atoms with Crippen molar-refractivity contribution in [2.45, 2.75) is 32.4 Å². The highest BCUT2D eigenvalue weighted by Gasteiger charge is 2.17. The van der Waals surface area contributed by atoms with Crippen molar-refractivity contribution in [2.75, 3.05) is 7.11 Å². The van der Waals surface area contributed by atoms with E-state index in [4.69, 9.17) is 4.74 Å². The van der Waals surface area contributed by atoms with Gasteiger partial charge in [0.2, 0.25) is 0 Å². The summed E-state index contributed by atoms with van der Waals surface area (Å²) in [6.45, 7) is 1.31. The first-order chi connectivity index (χ1) is 10.3. The molecule has 1 N–H and O–H groups in total. The third-order valence-corrected chi connectivity index (χ3v) is 3.69. The zero-order valence-electron chi connectivity index (χ0n) is 12.0. The molecule has 1 aliphatic heterocycles. The van der Waals surface area contributed by atoms with Gasteiger partial charge in [-0.15, -0.1) is 10.2 Å². The molecule has 0 atom stereocenters. The third-order valence-electron chi connectivity index (χ3n) is 3.69. The molecular weight excluding hydrogens is 268 g/mol. The minimum atomic E-state index is -0.166. The van der Waals surface area contributed by atoms with Gasteiger partial charge < -0.3 is 14.6 Å². The van der Waals surface area contributed by atoms with Gasteiger partial charge in [0.15, 0.2) is 5.82 Å². The van der Waals surface area contributed by atoms with Gasteiger partial charge in [-0.3, -0.25) is 4.79 Å². The number of hydrogen-bond donors (Lipinski definition) is 1. The maximum Gasteiger partial charge on any atom is 0.255 e. The van der Waals surface area contributed by atoms with E-state index in [0.717, 1.165) is 37.5 Å². The normalized spacial score (nSPS) is 13.6. The summed E-state index contributed by atoms with van der Waals surface area (Å²) in [5, 5.41) is 11.2. The molecule has 2 aromatic rings. The average molecular weight is 286 g/mol. The second-order valence-electron chi connectivity index (χ2n) is 5.02. The number of fused-ring (bicyclic) bond motifs is 1. The Labute approximate surface area is 123 Å². The van der Waals surface area contributed by atoms with Crippen LogP contribution in [0.3, 0.4) is 0 Å². The zero-order valence-corrected chi connectivity index (χ0v) is 12.0. The number of nitrogens with zero attached hydrogens (tertiary/aromatic N) is 3. The molecule has 0 unspecified atom stereocenters. The summed E-state index contributed by atoms with van der Waals surface area (Å²) in [6.07, 6.45) is 3.26. The van der Waals surface area contributed by atoms with Crippen LogP contribution in [0.5, 0.6) is 5.75 Å². The van der Waals surface area contributed by atoms with E-state index in [0.29, 0.717) is 17.9 Å². The fourth-order valence-corrected chi connectivity index (χ4v) is 2.59. The van der Waals surface area contributed by atoms with Gasteiger partial charge in [-0.1, -0.05) is 12.1 Å². The fraction of sp³-hybridized carbons (Fsp3) is 0.400. The number of aromatic nitrogens is 3. The number of nitrogens with one attached hydrogen (secondary N) is 1. The highest BCUT2D eigenvalue weighted by atomic mass is 16.5. The molecule has 0 saturated carbocycles. The number of ether oxygens (including phenoxy) is 1. The predicted molar refractivity (Wildman–Crippen MR) is 77.1 cm³/mol. The molecule has 0 spiro atoms. The Balaban J connectivity index is 1.70. The summed E-state index contributed by atoms with van der Waals surface area (Å²) >= 11 is 0. The van der Waals surface area contributed by atoms with E-state index < -0.39 is 0 Å². The van der Waals surface area contributed by atoms with Gasteiger partial charge in [-0.05, 0) is 25.0 Å². The van der Waals surface area contributed by atoms with Crippen LogP contribution in [0, 0.1) is 0 Å². The van der Waals surface area contributed by atoms with E-state index in [9.17, 15) is 4.79 Å². The van der Waals surface area contributed by atoms with E-state index in [1.165, 1.54) is 0 Å². The summed E-state index contributed by atoms with van der Waals surface area (Å²) in [6, 6.07) is 7.17. The Kier molecular flexibility index (Phi) is 3.85. The van der Waals surface area contributed by atoms with Crippen molar-refractivity contribution in [1.82, 2.24) is 20.1 Å². The molecule has 3 rings (SSSR count). The van der Waals surface area contributed by atoms with Crippen LogP contribution in [0.2, 0.25) is 0 Å². The summed E-state index contributed by atoms with van der Waals surface area (Å²) in [5.41, 5.74) is 0.526. The number of para-hydroxylation sites is 1. The highest BCUT2D eigenvalue weighted by Crippen LogP contribution is 2.17. The van der Waals surface area contributed by atoms with Crippen LogP contribution in [-0.4, -0.2) is 27.8 Å². The van der Waals surface area contributed by atoms with E-state index in [2.05, 4.69) is 20.1 Å². The van der Waals surface area contributed by atoms with Gasteiger partial charge in [0.1, 0.15) is 11.6 Å². The summed E-state index contributed by atoms with van der Waals surface area (Å²) < 4.78 is 7.30. The van der Waals surface area contributed by atoms with Crippen molar-refractivity contribution >= 4 is 5.91 Å². The minimum Gasteiger partial charge on any atom is -0.496 e. The van der Waals surface area contributed by atoms with Crippen LogP contribution in [-0.2, 0) is 19.5 Å². The average Bonchev–Trinajstić information content (AvgIpc) is 2.96. The Morgan fingerprint density at radius 3 is 3.05 bits per heavy atom. The molecular formula is C15H18N4O2. The lowest BCUT2D eigenvalue weighted by molar-refractivity contribution is 0.0946. The SMILES string of the molecule is COc1ccccc1C(=O)NCc1nnc2n1CCCC2. The molecule has 0 radical (unpaired) electrons. The van der Waals surface area contributed by atoms with Crippen molar-refractivity contribution in [3.63, 3.8) is 0 Å². The predicted octanol–water partition coefficient (Wildman–Crippen LogP) is 1.55. The Hall–Kier alpha value is -2.37. The number of aryl methyl sites for hydroxylation is 1. The first-order valence-electron chi connectivity index (χ1n) is 7.12. The Morgan fingerprint density at radius 2 is 2.19 bits per heavy atom. The van der Waals surface area contributed by atoms with E-state index >= 15 is 0 Å². The number of hydrogen-bond acceptors (Lipinski definition) is 4. The Morgan fingerprint density at radius 1 is 1.33 bits per heavy atom. The largest absolute Gasteiger partial charge is 0.496 e. The number of benzene rings is 1. The van der Waals surface area contributed by atoms with Crippen molar-refractivity contribution in [1.29, 1.82) is 0 Å². The molecule has 1 amide bonds. The molecule has 1 aliphatic rings. The molecule has 1 aromatic carbocycles. The van der Waals surface area contributed by atoms with Gasteiger partial charge in [0, 0.05) is 13.0 Å². The first-order valence-corrected chi connectivity index (χ1v) is 7.12. The molecule has 0 bridgehead atoms. The maximum atomic E-state index is 12.2. The molecule has 0 saturated heterocycles. The second kappa shape index (κ2) is 5.95. The number of carbonyl (C=O) groups is 1. The quantitative estimate of drug-likeness (QED) is 0.926. The lowest BCUT2D eigenvalue weighted by Crippen LogP contribution is -2.26. The molecule has 6 nitrogen and oxygen atoms in total. The molecule has 6 heteroatoms. The van der Waals surface area contributed by atoms with Crippen molar-refractivity contribution in [3.8, 4) is 5.75 Å². The van der Waals surface area contributed by atoms with Crippen molar-refractivity contribution in [2.24, 2.45) is 0 Å². The van der Waals surface area contributed by atoms with Crippen LogP contribution in [0.1, 0.15) is 34.8 Å². The smallest absolute Gasteiger partial charge is 0.255 e. The van der Waals surface area contributed by atoms with Crippen LogP contribution in [0.15, 0.2) is 24.3 Å². The molecule has 0 aliphatic carbocycles. The maximum absolute atomic E-state index is 12.2. The van der Waals surface area contributed by atoms with E-state index in [1.54, 1.807) is 19.2 Å². The van der Waals surface area contributed by atoms with Gasteiger partial charge in [0.25, 0.3) is 5.91 Å². The van der Waals surface area contributed by atoms with Crippen molar-refractivity contribution < 1.29 is 9.53 Å². The topological polar surface area (TPSA) is 69.0 Å². The van der Waals surface area contributed by atoms with Gasteiger partial charge >= 0.3 is 0 Å². The van der Waals surface area contributed by atoms with Gasteiger partial charge in [-0.2, -0.15) is 0 Å². The number of carbonyl (C=O) groups excluding carboxylic acids is 1. The van der Waals surface area contributed by atoms with Crippen LogP contribution < -0.4 is 10.1 Å². The van der Waals surface area contributed by atoms with Gasteiger partial charge in [0.05, 0.1) is 19.2 Å². The van der Waals surface area contributed by atoms with Crippen LogP contribution in [0.4, 0.5) is 0 Å². The second-order valence-corrected chi connectivity index (χ2v) is 5.02. The summed E-state index contributed by atoms with van der Waals surface area (Å²) in [5.74, 6) is 2.23. The van der Waals surface area contributed by atoms with Crippen LogP contribution >= 0.6 is 0 Å². The molecule has 1 aromatic heterocycles. The number of amides is 1. The molecule has 0 fully saturated rings. The zero-order chi connectivity index (χ0) is 14.7. The summed E-state index contributed by atoms with van der Waals surface area (Å²) in [7, 11) is 1.56. The Bertz CT molecular complexity index is 651. The van der Waals surface area contributed by atoms with Crippen molar-refractivity contribution in [3.05, 3.63) is 41.5 Å². The van der Waals surface area contributed by atoms with E-state index in [1.807, 2.05) is 12.1 Å². The third kappa shape index (κ3) is 2.74. The molecule has 2 heterocycles. The van der Waals surface area contributed by atoms with E-state index in [-0.39, 0.29) is 5.91 Å². The molecule has 21 heavy (non-hydrogen) atoms. The monoisotopic (exact) mass is 286 g/mol. The summed E-state index contributed by atoms with van der Waals surface area (Å²) in [4.78, 5) is 12.2. The van der Waals surface area contributed by atoms with Crippen LogP contribution in [0.25, 0.3) is 0 Å². The lowest BCUT2D eigenvalue weighted by atomic mass is 10.1. The minimum absolute atomic E-state index is 0.166. The number of methoxy groups -OCH3 is 1. The first kappa shape index (κ1) is 13.6. The lowest BCUT2D eigenvalue weighted by Gasteiger charge is -2.15. The fourth-order valence-electron chi connectivity index (χ4n) is 2.59. The van der Waals surface area contributed by atoms with Gasteiger partial charge in [-0.25, -0.2) is 0 Å². The number of rotatable bonds is 4. The standard InChI is InChI=1S/C15H18N4O2/c1-21-12-7-3-2-6-11(12)15(20)16-10-14-18-17-13-8-4-5-9-19(13)14/h2-3,6-7H,4-5,8-10H2,1H3,(H,16,20). The molecule has 110 valence electrons.